The molecule has 3 heterocycles. The van der Waals surface area contributed by atoms with Crippen molar-refractivity contribution in [3.8, 4) is 0 Å². The van der Waals surface area contributed by atoms with E-state index < -0.39 is 35.6 Å². The number of nitrogens with zero attached hydrogens (tertiary/aromatic N) is 1. The Kier molecular flexibility index (Phi) is 7.45. The lowest BCUT2D eigenvalue weighted by molar-refractivity contribution is -0.154. The summed E-state index contributed by atoms with van der Waals surface area (Å²) in [5.74, 6) is -2.34. The summed E-state index contributed by atoms with van der Waals surface area (Å²) < 4.78 is 11.6. The number of hydrogen-bond donors (Lipinski definition) is 2. The van der Waals surface area contributed by atoms with Crippen molar-refractivity contribution in [3.05, 3.63) is 0 Å². The van der Waals surface area contributed by atoms with E-state index in [9.17, 15) is 14.4 Å². The van der Waals surface area contributed by atoms with Gasteiger partial charge in [-0.1, -0.05) is 29.3 Å². The van der Waals surface area contributed by atoms with Crippen LogP contribution in [0.5, 0.6) is 0 Å². The normalized spacial score (nSPS) is 35.4. The van der Waals surface area contributed by atoms with E-state index in [0.29, 0.717) is 25.8 Å². The van der Waals surface area contributed by atoms with E-state index in [2.05, 4.69) is 28.2 Å². The quantitative estimate of drug-likeness (QED) is 0.273. The van der Waals surface area contributed by atoms with E-state index in [-0.39, 0.29) is 35.9 Å². The maximum absolute atomic E-state index is 13.5. The van der Waals surface area contributed by atoms with Gasteiger partial charge in [0.1, 0.15) is 11.6 Å². The van der Waals surface area contributed by atoms with Crippen LogP contribution in [0.2, 0.25) is 0 Å². The van der Waals surface area contributed by atoms with Gasteiger partial charge in [-0.2, -0.15) is 0 Å². The third-order valence-electron chi connectivity index (χ3n) is 6.51. The molecule has 0 aromatic carbocycles. The van der Waals surface area contributed by atoms with Crippen molar-refractivity contribution in [1.29, 1.82) is 0 Å². The Labute approximate surface area is 186 Å². The number of halogens is 1. The van der Waals surface area contributed by atoms with Gasteiger partial charge in [-0.15, -0.1) is 0 Å². The van der Waals surface area contributed by atoms with Gasteiger partial charge in [-0.25, -0.2) is 0 Å². The Morgan fingerprint density at radius 3 is 2.77 bits per heavy atom. The Balaban J connectivity index is 1.94. The lowest BCUT2D eigenvalue weighted by Gasteiger charge is -2.34. The first-order valence-electron chi connectivity index (χ1n) is 11.0. The number of likely N-dealkylation sites (tertiary alicyclic amines) is 1. The first kappa shape index (κ1) is 23.5. The van der Waals surface area contributed by atoms with Gasteiger partial charge in [0, 0.05) is 24.0 Å². The van der Waals surface area contributed by atoms with Crippen molar-refractivity contribution >= 4 is 33.7 Å². The number of aliphatic hydroxyl groups is 1. The number of ether oxygens (including phenoxy) is 2. The predicted molar refractivity (Wildman–Crippen MR) is 113 cm³/mol. The first-order valence-corrected chi connectivity index (χ1v) is 11.9. The molecule has 3 aliphatic heterocycles. The van der Waals surface area contributed by atoms with Gasteiger partial charge in [0.25, 0.3) is 0 Å². The van der Waals surface area contributed by atoms with Crippen LogP contribution in [0.1, 0.15) is 52.9 Å². The molecule has 30 heavy (non-hydrogen) atoms. The minimum absolute atomic E-state index is 0.0217. The van der Waals surface area contributed by atoms with Crippen LogP contribution in [0.4, 0.5) is 0 Å². The molecule has 9 heteroatoms. The second kappa shape index (κ2) is 9.53. The highest BCUT2D eigenvalue weighted by molar-refractivity contribution is 9.09. The average molecular weight is 489 g/mol. The van der Waals surface area contributed by atoms with Crippen LogP contribution in [-0.2, 0) is 23.9 Å². The van der Waals surface area contributed by atoms with E-state index >= 15 is 0 Å². The molecule has 0 aromatic rings. The summed E-state index contributed by atoms with van der Waals surface area (Å²) in [6.07, 6.45) is 2.88. The van der Waals surface area contributed by atoms with Crippen LogP contribution < -0.4 is 5.32 Å². The van der Waals surface area contributed by atoms with Gasteiger partial charge < -0.3 is 24.8 Å². The summed E-state index contributed by atoms with van der Waals surface area (Å²) in [7, 11) is 0. The van der Waals surface area contributed by atoms with Gasteiger partial charge in [0.05, 0.1) is 24.5 Å². The molecule has 2 bridgehead atoms. The molecule has 3 saturated heterocycles. The Hall–Kier alpha value is -1.19. The predicted octanol–water partition coefficient (Wildman–Crippen LogP) is 1.37. The van der Waals surface area contributed by atoms with Gasteiger partial charge in [0.15, 0.2) is 0 Å². The summed E-state index contributed by atoms with van der Waals surface area (Å²) in [4.78, 5) is 41.1. The fraction of sp³-hybridized carbons (Fsp3) is 0.857. The van der Waals surface area contributed by atoms with Gasteiger partial charge in [-0.3, -0.25) is 14.4 Å². The molecular weight excluding hydrogens is 456 g/mol. The molecule has 0 radical (unpaired) electrons. The second-order valence-electron chi connectivity index (χ2n) is 8.58. The van der Waals surface area contributed by atoms with Crippen molar-refractivity contribution in [1.82, 2.24) is 10.2 Å². The first-order chi connectivity index (χ1) is 14.3. The van der Waals surface area contributed by atoms with Crippen LogP contribution >= 0.6 is 15.9 Å². The van der Waals surface area contributed by atoms with E-state index in [4.69, 9.17) is 14.6 Å². The second-order valence-corrected chi connectivity index (χ2v) is 9.75. The Morgan fingerprint density at radius 1 is 1.40 bits per heavy atom. The van der Waals surface area contributed by atoms with E-state index in [1.165, 1.54) is 0 Å². The minimum Gasteiger partial charge on any atom is -0.466 e. The zero-order valence-corrected chi connectivity index (χ0v) is 19.5. The molecule has 0 aromatic heterocycles. The smallest absolute Gasteiger partial charge is 0.312 e. The Bertz CT molecular complexity index is 676. The fourth-order valence-corrected chi connectivity index (χ4v) is 6.34. The summed E-state index contributed by atoms with van der Waals surface area (Å²) in [5, 5.41) is 12.2. The maximum atomic E-state index is 13.5. The number of nitrogens with one attached hydrogen (secondary N) is 1. The molecule has 3 aliphatic rings. The third-order valence-corrected chi connectivity index (χ3v) is 7.36. The standard InChI is InChI=1S/C21H33BrN2O6/c1-4-8-12(3)23-18(26)17-21-11-13(22)16(30-21)14(20(28)29-5-2)15(21)19(27)24(17)9-6-7-10-25/h12-17,25H,4-11H2,1-3H3,(H,23,26)/t12?,13?,14-,15+,16-,17-,21+/m1/s1. The minimum atomic E-state index is -1.04. The Morgan fingerprint density at radius 2 is 2.13 bits per heavy atom. The van der Waals surface area contributed by atoms with Crippen molar-refractivity contribution in [2.75, 3.05) is 19.8 Å². The lowest BCUT2D eigenvalue weighted by atomic mass is 9.70. The van der Waals surface area contributed by atoms with E-state index in [0.717, 1.165) is 12.8 Å². The van der Waals surface area contributed by atoms with Crippen LogP contribution in [0.25, 0.3) is 0 Å². The molecule has 7 atom stereocenters. The molecule has 3 rings (SSSR count). The summed E-state index contributed by atoms with van der Waals surface area (Å²) in [6, 6.07) is -0.816. The molecule has 0 aliphatic carbocycles. The molecule has 3 fully saturated rings. The van der Waals surface area contributed by atoms with Crippen molar-refractivity contribution in [2.24, 2.45) is 11.8 Å². The van der Waals surface area contributed by atoms with E-state index in [1.54, 1.807) is 11.8 Å². The number of amides is 2. The fourth-order valence-electron chi connectivity index (χ4n) is 5.40. The molecule has 0 saturated carbocycles. The van der Waals surface area contributed by atoms with Crippen molar-refractivity contribution < 1.29 is 29.0 Å². The van der Waals surface area contributed by atoms with Gasteiger partial charge in [0.2, 0.25) is 11.8 Å². The molecule has 1 spiro atoms. The number of unbranched alkanes of at least 4 members (excludes halogenated alkanes) is 1. The lowest BCUT2D eigenvalue weighted by Crippen LogP contribution is -2.57. The van der Waals surface area contributed by atoms with Crippen LogP contribution in [0.3, 0.4) is 0 Å². The summed E-state index contributed by atoms with van der Waals surface area (Å²) in [6.45, 7) is 6.32. The zero-order valence-electron chi connectivity index (χ0n) is 17.9. The number of rotatable bonds is 10. The molecule has 2 amide bonds. The molecule has 2 unspecified atom stereocenters. The topological polar surface area (TPSA) is 105 Å². The summed E-state index contributed by atoms with van der Waals surface area (Å²) in [5.41, 5.74) is -1.04. The highest BCUT2D eigenvalue weighted by Gasteiger charge is 2.76. The highest BCUT2D eigenvalue weighted by Crippen LogP contribution is 2.60. The number of esters is 1. The van der Waals surface area contributed by atoms with Crippen molar-refractivity contribution in [3.63, 3.8) is 0 Å². The zero-order chi connectivity index (χ0) is 22.1. The molecule has 170 valence electrons. The number of carbonyl (C=O) groups is 3. The van der Waals surface area contributed by atoms with Gasteiger partial charge >= 0.3 is 5.97 Å². The molecule has 8 nitrogen and oxygen atoms in total. The van der Waals surface area contributed by atoms with Gasteiger partial charge in [-0.05, 0) is 39.5 Å². The molecular formula is C21H33BrN2O6. The van der Waals surface area contributed by atoms with Crippen LogP contribution in [0, 0.1) is 11.8 Å². The van der Waals surface area contributed by atoms with E-state index in [1.807, 2.05) is 6.92 Å². The number of carbonyl (C=O) groups excluding carboxylic acids is 3. The molecule has 2 N–H and O–H groups in total. The van der Waals surface area contributed by atoms with Crippen molar-refractivity contribution in [2.45, 2.75) is 81.5 Å². The number of fused-ring (bicyclic) bond motifs is 1. The third kappa shape index (κ3) is 3.88. The van der Waals surface area contributed by atoms with Crippen LogP contribution in [-0.4, -0.2) is 76.2 Å². The number of aliphatic hydroxyl groups excluding tert-OH is 1. The van der Waals surface area contributed by atoms with Crippen LogP contribution in [0.15, 0.2) is 0 Å². The maximum Gasteiger partial charge on any atom is 0.312 e. The average Bonchev–Trinajstić information content (AvgIpc) is 3.26. The summed E-state index contributed by atoms with van der Waals surface area (Å²) >= 11 is 3.62. The monoisotopic (exact) mass is 488 g/mol. The number of alkyl halides is 1. The SMILES string of the molecule is CCCC(C)NC(=O)[C@H]1N(CCCCO)C(=O)[C@@H]2[C@@H](C(=O)OCC)[C@@H]3O[C@@]21CC3Br. The highest BCUT2D eigenvalue weighted by atomic mass is 79.9. The largest absolute Gasteiger partial charge is 0.466 e. The number of hydrogen-bond acceptors (Lipinski definition) is 6.